The van der Waals surface area contributed by atoms with Gasteiger partial charge < -0.3 is 14.6 Å². The van der Waals surface area contributed by atoms with Gasteiger partial charge in [-0.05, 0) is 32.0 Å². The number of hydrogen-bond acceptors (Lipinski definition) is 4. The van der Waals surface area contributed by atoms with Crippen LogP contribution >= 0.6 is 0 Å². The van der Waals surface area contributed by atoms with Crippen LogP contribution in [0.2, 0.25) is 0 Å². The first kappa shape index (κ1) is 12.9. The Hall–Kier alpha value is -1.55. The third kappa shape index (κ3) is 3.01. The number of rotatable bonds is 6. The van der Waals surface area contributed by atoms with Gasteiger partial charge in [-0.3, -0.25) is 0 Å². The molecule has 0 atom stereocenters. The summed E-state index contributed by atoms with van der Waals surface area (Å²) in [7, 11) is 0. The first-order valence-electron chi connectivity index (χ1n) is 6.39. The van der Waals surface area contributed by atoms with Crippen LogP contribution in [-0.4, -0.2) is 24.4 Å². The maximum atomic E-state index is 5.80. The Bertz CT molecular complexity index is 505. The maximum Gasteiger partial charge on any atom is 0.170 e. The van der Waals surface area contributed by atoms with E-state index in [9.17, 15) is 0 Å². The fourth-order valence-electron chi connectivity index (χ4n) is 1.87. The summed E-state index contributed by atoms with van der Waals surface area (Å²) < 4.78 is 11.0. The number of nitrogens with zero attached hydrogens (tertiary/aromatic N) is 1. The second-order valence-electron chi connectivity index (χ2n) is 4.71. The number of benzene rings is 1. The van der Waals surface area contributed by atoms with E-state index in [0.717, 1.165) is 35.4 Å². The second kappa shape index (κ2) is 5.87. The molecular formula is C14H20N2O2. The molecule has 1 aromatic carbocycles. The van der Waals surface area contributed by atoms with Crippen molar-refractivity contribution in [2.24, 2.45) is 0 Å². The molecule has 0 spiro atoms. The van der Waals surface area contributed by atoms with Crippen LogP contribution < -0.4 is 10.1 Å². The lowest BCUT2D eigenvalue weighted by molar-refractivity contribution is 0.309. The Morgan fingerprint density at radius 3 is 3.00 bits per heavy atom. The van der Waals surface area contributed by atoms with E-state index in [-0.39, 0.29) is 0 Å². The Balaban J connectivity index is 1.93. The lowest BCUT2D eigenvalue weighted by Gasteiger charge is -2.09. The average Bonchev–Trinajstić information content (AvgIpc) is 2.71. The molecule has 18 heavy (non-hydrogen) atoms. The molecule has 2 aromatic rings. The highest BCUT2D eigenvalue weighted by Crippen LogP contribution is 2.28. The standard InChI is InChI=1S/C14H20N2O2/c1-10(2)15-8-5-9-17-12-6-4-7-13-14(12)11(3)16-18-13/h4,6-7,10,15H,5,8-9H2,1-3H3. The van der Waals surface area contributed by atoms with Crippen molar-refractivity contribution in [3.8, 4) is 5.75 Å². The largest absolute Gasteiger partial charge is 0.493 e. The zero-order valence-electron chi connectivity index (χ0n) is 11.2. The molecule has 0 aliphatic rings. The molecule has 0 saturated heterocycles. The van der Waals surface area contributed by atoms with Crippen molar-refractivity contribution < 1.29 is 9.26 Å². The van der Waals surface area contributed by atoms with Gasteiger partial charge in [-0.1, -0.05) is 25.1 Å². The fraction of sp³-hybridized carbons (Fsp3) is 0.500. The van der Waals surface area contributed by atoms with Crippen molar-refractivity contribution in [3.63, 3.8) is 0 Å². The molecule has 4 nitrogen and oxygen atoms in total. The summed E-state index contributed by atoms with van der Waals surface area (Å²) in [5.74, 6) is 0.857. The molecule has 0 saturated carbocycles. The minimum Gasteiger partial charge on any atom is -0.493 e. The van der Waals surface area contributed by atoms with Crippen molar-refractivity contribution in [2.75, 3.05) is 13.2 Å². The van der Waals surface area contributed by atoms with E-state index in [1.54, 1.807) is 0 Å². The molecule has 2 rings (SSSR count). The van der Waals surface area contributed by atoms with Crippen LogP contribution in [0, 0.1) is 6.92 Å². The van der Waals surface area contributed by atoms with Gasteiger partial charge in [-0.25, -0.2) is 0 Å². The average molecular weight is 248 g/mol. The van der Waals surface area contributed by atoms with Gasteiger partial charge in [0.05, 0.1) is 17.7 Å². The number of aryl methyl sites for hydroxylation is 1. The van der Waals surface area contributed by atoms with Crippen molar-refractivity contribution in [3.05, 3.63) is 23.9 Å². The summed E-state index contributed by atoms with van der Waals surface area (Å²) in [6, 6.07) is 6.31. The van der Waals surface area contributed by atoms with Crippen LogP contribution in [-0.2, 0) is 0 Å². The van der Waals surface area contributed by atoms with Gasteiger partial charge in [0, 0.05) is 6.04 Å². The minimum atomic E-state index is 0.522. The predicted molar refractivity (Wildman–Crippen MR) is 72.0 cm³/mol. The Morgan fingerprint density at radius 1 is 1.39 bits per heavy atom. The molecule has 0 radical (unpaired) electrons. The highest BCUT2D eigenvalue weighted by molar-refractivity contribution is 5.85. The number of ether oxygens (including phenoxy) is 1. The van der Waals surface area contributed by atoms with Gasteiger partial charge in [0.1, 0.15) is 5.75 Å². The van der Waals surface area contributed by atoms with Crippen molar-refractivity contribution in [2.45, 2.75) is 33.2 Å². The molecule has 0 unspecified atom stereocenters. The highest BCUT2D eigenvalue weighted by atomic mass is 16.5. The van der Waals surface area contributed by atoms with Gasteiger partial charge in [-0.15, -0.1) is 0 Å². The second-order valence-corrected chi connectivity index (χ2v) is 4.71. The Labute approximate surface area is 107 Å². The first-order valence-corrected chi connectivity index (χ1v) is 6.39. The van der Waals surface area contributed by atoms with Gasteiger partial charge in [0.15, 0.2) is 5.58 Å². The van der Waals surface area contributed by atoms with E-state index in [4.69, 9.17) is 9.26 Å². The van der Waals surface area contributed by atoms with Crippen molar-refractivity contribution in [1.82, 2.24) is 10.5 Å². The third-order valence-electron chi connectivity index (χ3n) is 2.76. The van der Waals surface area contributed by atoms with Crippen LogP contribution in [0.3, 0.4) is 0 Å². The third-order valence-corrected chi connectivity index (χ3v) is 2.76. The summed E-state index contributed by atoms with van der Waals surface area (Å²) in [5, 5.41) is 8.30. The van der Waals surface area contributed by atoms with E-state index >= 15 is 0 Å². The van der Waals surface area contributed by atoms with Crippen LogP contribution in [0.4, 0.5) is 0 Å². The SMILES string of the molecule is Cc1noc2cccc(OCCCNC(C)C)c12. The number of aromatic nitrogens is 1. The van der Waals surface area contributed by atoms with E-state index in [1.807, 2.05) is 25.1 Å². The number of hydrogen-bond donors (Lipinski definition) is 1. The van der Waals surface area contributed by atoms with Crippen molar-refractivity contribution >= 4 is 11.0 Å². The van der Waals surface area contributed by atoms with Gasteiger partial charge >= 0.3 is 0 Å². The predicted octanol–water partition coefficient (Wildman–Crippen LogP) is 2.90. The molecular weight excluding hydrogens is 228 g/mol. The van der Waals surface area contributed by atoms with E-state index < -0.39 is 0 Å². The number of fused-ring (bicyclic) bond motifs is 1. The molecule has 1 aromatic heterocycles. The van der Waals surface area contributed by atoms with Gasteiger partial charge in [0.25, 0.3) is 0 Å². The molecule has 1 N–H and O–H groups in total. The monoisotopic (exact) mass is 248 g/mol. The van der Waals surface area contributed by atoms with E-state index in [2.05, 4.69) is 24.3 Å². The minimum absolute atomic E-state index is 0.522. The molecule has 1 heterocycles. The Kier molecular flexibility index (Phi) is 4.20. The summed E-state index contributed by atoms with van der Waals surface area (Å²) >= 11 is 0. The van der Waals surface area contributed by atoms with Gasteiger partial charge in [-0.2, -0.15) is 0 Å². The molecule has 0 bridgehead atoms. The van der Waals surface area contributed by atoms with Gasteiger partial charge in [0.2, 0.25) is 0 Å². The summed E-state index contributed by atoms with van der Waals surface area (Å²) in [5.41, 5.74) is 1.66. The topological polar surface area (TPSA) is 47.3 Å². The molecule has 4 heteroatoms. The van der Waals surface area contributed by atoms with Crippen LogP contribution in [0.1, 0.15) is 26.0 Å². The van der Waals surface area contributed by atoms with Crippen LogP contribution in [0.15, 0.2) is 22.7 Å². The molecule has 0 aliphatic heterocycles. The Morgan fingerprint density at radius 2 is 2.22 bits per heavy atom. The molecule has 0 amide bonds. The van der Waals surface area contributed by atoms with E-state index in [0.29, 0.717) is 12.6 Å². The lowest BCUT2D eigenvalue weighted by atomic mass is 10.2. The number of nitrogens with one attached hydrogen (secondary N) is 1. The summed E-state index contributed by atoms with van der Waals surface area (Å²) in [6.07, 6.45) is 0.985. The summed E-state index contributed by atoms with van der Waals surface area (Å²) in [4.78, 5) is 0. The zero-order chi connectivity index (χ0) is 13.0. The quantitative estimate of drug-likeness (QED) is 0.798. The summed E-state index contributed by atoms with van der Waals surface area (Å²) in [6.45, 7) is 7.88. The molecule has 0 aliphatic carbocycles. The molecule has 0 fully saturated rings. The maximum absolute atomic E-state index is 5.80. The highest BCUT2D eigenvalue weighted by Gasteiger charge is 2.09. The normalized spacial score (nSPS) is 11.3. The first-order chi connectivity index (χ1) is 8.68. The van der Waals surface area contributed by atoms with Crippen LogP contribution in [0.25, 0.3) is 11.0 Å². The van der Waals surface area contributed by atoms with Crippen molar-refractivity contribution in [1.29, 1.82) is 0 Å². The smallest absolute Gasteiger partial charge is 0.170 e. The van der Waals surface area contributed by atoms with E-state index in [1.165, 1.54) is 0 Å². The zero-order valence-corrected chi connectivity index (χ0v) is 11.2. The van der Waals surface area contributed by atoms with Crippen LogP contribution in [0.5, 0.6) is 5.75 Å². The molecule has 98 valence electrons. The fourth-order valence-corrected chi connectivity index (χ4v) is 1.87. The lowest BCUT2D eigenvalue weighted by Crippen LogP contribution is -2.24.